The molecule has 0 atom stereocenters. The molecule has 5 nitrogen and oxygen atoms in total. The lowest BCUT2D eigenvalue weighted by Gasteiger charge is -2.01. The van der Waals surface area contributed by atoms with Gasteiger partial charge in [-0.2, -0.15) is 0 Å². The van der Waals surface area contributed by atoms with Crippen LogP contribution in [0.3, 0.4) is 0 Å². The molecule has 0 aliphatic heterocycles. The molecule has 0 spiro atoms. The minimum Gasteiger partial charge on any atom is -0.506 e. The van der Waals surface area contributed by atoms with Crippen molar-refractivity contribution in [3.63, 3.8) is 0 Å². The van der Waals surface area contributed by atoms with Gasteiger partial charge in [0.2, 0.25) is 0 Å². The van der Waals surface area contributed by atoms with Crippen molar-refractivity contribution < 1.29 is 13.5 Å². The molecule has 2 rings (SSSR count). The van der Waals surface area contributed by atoms with Crippen LogP contribution in [0.1, 0.15) is 0 Å². The lowest BCUT2D eigenvalue weighted by atomic mass is 10.2. The standard InChI is InChI=1S/C9H8N2O3S/c10-15(13,14)8-5-4-6-2-1-3-7(12)9(6)11-8/h1-5,12H,(H2,10,13,14). The first-order valence-corrected chi connectivity index (χ1v) is 5.65. The third-order valence-electron chi connectivity index (χ3n) is 1.96. The number of fused-ring (bicyclic) bond motifs is 1. The lowest BCUT2D eigenvalue weighted by molar-refractivity contribution is 0.480. The number of phenols is 1. The molecule has 0 aliphatic rings. The van der Waals surface area contributed by atoms with E-state index in [9.17, 15) is 13.5 Å². The second-order valence-corrected chi connectivity index (χ2v) is 4.55. The predicted molar refractivity (Wildman–Crippen MR) is 54.8 cm³/mol. The molecule has 3 N–H and O–H groups in total. The Morgan fingerprint density at radius 3 is 2.60 bits per heavy atom. The van der Waals surface area contributed by atoms with Gasteiger partial charge < -0.3 is 5.11 Å². The van der Waals surface area contributed by atoms with Gasteiger partial charge in [-0.05, 0) is 18.2 Å². The van der Waals surface area contributed by atoms with Crippen LogP contribution in [0.2, 0.25) is 0 Å². The first-order valence-electron chi connectivity index (χ1n) is 4.10. The summed E-state index contributed by atoms with van der Waals surface area (Å²) in [5.74, 6) is -0.0713. The molecule has 0 amide bonds. The number of pyridine rings is 1. The predicted octanol–water partition coefficient (Wildman–Crippen LogP) is 0.588. The topological polar surface area (TPSA) is 93.3 Å². The van der Waals surface area contributed by atoms with Gasteiger partial charge in [0, 0.05) is 5.39 Å². The Bertz CT molecular complexity index is 622. The van der Waals surface area contributed by atoms with Gasteiger partial charge >= 0.3 is 0 Å². The van der Waals surface area contributed by atoms with Gasteiger partial charge in [0.25, 0.3) is 10.0 Å². The van der Waals surface area contributed by atoms with Crippen molar-refractivity contribution in [1.82, 2.24) is 4.98 Å². The fourth-order valence-electron chi connectivity index (χ4n) is 1.27. The molecule has 0 saturated carbocycles. The van der Waals surface area contributed by atoms with Crippen LogP contribution >= 0.6 is 0 Å². The van der Waals surface area contributed by atoms with Crippen molar-refractivity contribution in [3.8, 4) is 5.75 Å². The molecule has 78 valence electrons. The summed E-state index contributed by atoms with van der Waals surface area (Å²) >= 11 is 0. The number of aromatic nitrogens is 1. The minimum absolute atomic E-state index is 0.0713. The molecule has 15 heavy (non-hydrogen) atoms. The minimum atomic E-state index is -3.83. The number of phenolic OH excluding ortho intramolecular Hbond substituents is 1. The summed E-state index contributed by atoms with van der Waals surface area (Å²) in [6.07, 6.45) is 0. The van der Waals surface area contributed by atoms with Crippen LogP contribution < -0.4 is 5.14 Å². The average Bonchev–Trinajstić information content (AvgIpc) is 2.16. The molecule has 0 radical (unpaired) electrons. The van der Waals surface area contributed by atoms with Crippen molar-refractivity contribution in [2.75, 3.05) is 0 Å². The molecule has 0 saturated heterocycles. The number of rotatable bonds is 1. The van der Waals surface area contributed by atoms with E-state index in [-0.39, 0.29) is 16.3 Å². The van der Waals surface area contributed by atoms with Gasteiger partial charge in [-0.1, -0.05) is 12.1 Å². The lowest BCUT2D eigenvalue weighted by Crippen LogP contribution is -2.13. The Labute approximate surface area is 86.2 Å². The molecule has 0 bridgehead atoms. The molecule has 0 aliphatic carbocycles. The summed E-state index contributed by atoms with van der Waals surface area (Å²) < 4.78 is 22.0. The highest BCUT2D eigenvalue weighted by Gasteiger charge is 2.11. The smallest absolute Gasteiger partial charge is 0.255 e. The molecule has 6 heteroatoms. The number of hydrogen-bond donors (Lipinski definition) is 2. The first kappa shape index (κ1) is 9.88. The zero-order chi connectivity index (χ0) is 11.1. The highest BCUT2D eigenvalue weighted by Crippen LogP contribution is 2.23. The average molecular weight is 224 g/mol. The Morgan fingerprint density at radius 1 is 1.20 bits per heavy atom. The van der Waals surface area contributed by atoms with Gasteiger partial charge in [0.1, 0.15) is 11.3 Å². The van der Waals surface area contributed by atoms with Crippen LogP contribution in [-0.2, 0) is 10.0 Å². The zero-order valence-electron chi connectivity index (χ0n) is 7.58. The Kier molecular flexibility index (Phi) is 2.09. The van der Waals surface area contributed by atoms with Crippen molar-refractivity contribution in [2.45, 2.75) is 5.03 Å². The van der Waals surface area contributed by atoms with Crippen molar-refractivity contribution in [1.29, 1.82) is 0 Å². The van der Waals surface area contributed by atoms with Gasteiger partial charge in [-0.25, -0.2) is 18.5 Å². The zero-order valence-corrected chi connectivity index (χ0v) is 8.40. The number of hydrogen-bond acceptors (Lipinski definition) is 4. The number of aromatic hydroxyl groups is 1. The van der Waals surface area contributed by atoms with Crippen LogP contribution in [0.25, 0.3) is 10.9 Å². The maximum Gasteiger partial charge on any atom is 0.255 e. The quantitative estimate of drug-likeness (QED) is 0.741. The van der Waals surface area contributed by atoms with E-state index in [1.165, 1.54) is 12.1 Å². The number of sulfonamides is 1. The summed E-state index contributed by atoms with van der Waals surface area (Å²) in [6, 6.07) is 7.64. The van der Waals surface area contributed by atoms with Crippen molar-refractivity contribution in [2.24, 2.45) is 5.14 Å². The van der Waals surface area contributed by atoms with Gasteiger partial charge in [-0.15, -0.1) is 0 Å². The van der Waals surface area contributed by atoms with Gasteiger partial charge in [0.05, 0.1) is 0 Å². The second-order valence-electron chi connectivity index (χ2n) is 3.04. The summed E-state index contributed by atoms with van der Waals surface area (Å²) in [7, 11) is -3.83. The van der Waals surface area contributed by atoms with E-state index < -0.39 is 10.0 Å². The Morgan fingerprint density at radius 2 is 1.93 bits per heavy atom. The van der Waals surface area contributed by atoms with Gasteiger partial charge in [-0.3, -0.25) is 0 Å². The van der Waals surface area contributed by atoms with Crippen LogP contribution in [-0.4, -0.2) is 18.5 Å². The normalized spacial score (nSPS) is 11.8. The summed E-state index contributed by atoms with van der Waals surface area (Å²) in [5.41, 5.74) is 0.226. The van der Waals surface area contributed by atoms with E-state index in [1.807, 2.05) is 0 Å². The van der Waals surface area contributed by atoms with Crippen LogP contribution in [0.5, 0.6) is 5.75 Å². The number of para-hydroxylation sites is 1. The molecule has 0 fully saturated rings. The third-order valence-corrected chi connectivity index (χ3v) is 2.78. The summed E-state index contributed by atoms with van der Waals surface area (Å²) in [6.45, 7) is 0. The second kappa shape index (κ2) is 3.18. The first-order chi connectivity index (χ1) is 6.98. The maximum atomic E-state index is 11.0. The van der Waals surface area contributed by atoms with E-state index in [2.05, 4.69) is 4.98 Å². The third kappa shape index (κ3) is 1.77. The molecule has 0 unspecified atom stereocenters. The number of nitrogens with two attached hydrogens (primary N) is 1. The largest absolute Gasteiger partial charge is 0.506 e. The van der Waals surface area contributed by atoms with E-state index in [1.54, 1.807) is 18.2 Å². The van der Waals surface area contributed by atoms with E-state index in [0.29, 0.717) is 5.39 Å². The highest BCUT2D eigenvalue weighted by atomic mass is 32.2. The fraction of sp³-hybridized carbons (Fsp3) is 0. The van der Waals surface area contributed by atoms with E-state index in [0.717, 1.165) is 0 Å². The molecule has 1 heterocycles. The SMILES string of the molecule is NS(=O)(=O)c1ccc2cccc(O)c2n1. The molecular weight excluding hydrogens is 216 g/mol. The van der Waals surface area contributed by atoms with E-state index in [4.69, 9.17) is 5.14 Å². The summed E-state index contributed by atoms with van der Waals surface area (Å²) in [5, 5.41) is 14.8. The molecule has 1 aromatic carbocycles. The highest BCUT2D eigenvalue weighted by molar-refractivity contribution is 7.89. The Balaban J connectivity index is 2.81. The molecule has 2 aromatic rings. The van der Waals surface area contributed by atoms with Crippen LogP contribution in [0.4, 0.5) is 0 Å². The summed E-state index contributed by atoms with van der Waals surface area (Å²) in [4.78, 5) is 3.78. The number of primary sulfonamides is 1. The monoisotopic (exact) mass is 224 g/mol. The van der Waals surface area contributed by atoms with Crippen molar-refractivity contribution >= 4 is 20.9 Å². The number of benzene rings is 1. The molecule has 1 aromatic heterocycles. The van der Waals surface area contributed by atoms with Crippen LogP contribution in [0, 0.1) is 0 Å². The van der Waals surface area contributed by atoms with E-state index >= 15 is 0 Å². The maximum absolute atomic E-state index is 11.0. The Hall–Kier alpha value is -1.66. The van der Waals surface area contributed by atoms with Crippen molar-refractivity contribution in [3.05, 3.63) is 30.3 Å². The van der Waals surface area contributed by atoms with Gasteiger partial charge in [0.15, 0.2) is 5.03 Å². The molecular formula is C9H8N2O3S. The van der Waals surface area contributed by atoms with Crippen LogP contribution in [0.15, 0.2) is 35.4 Å². The fourth-order valence-corrected chi connectivity index (χ4v) is 1.75. The number of nitrogens with zero attached hydrogens (tertiary/aromatic N) is 1.